The molecular formula is C17H18N2OS. The van der Waals surface area contributed by atoms with E-state index in [1.54, 1.807) is 11.8 Å². The molecule has 108 valence electrons. The minimum atomic E-state index is -0.867. The van der Waals surface area contributed by atoms with Gasteiger partial charge in [0.05, 0.1) is 11.6 Å². The van der Waals surface area contributed by atoms with Crippen molar-refractivity contribution < 1.29 is 4.79 Å². The molecule has 2 N–H and O–H groups in total. The van der Waals surface area contributed by atoms with Gasteiger partial charge >= 0.3 is 0 Å². The fourth-order valence-electron chi connectivity index (χ4n) is 2.90. The molecule has 21 heavy (non-hydrogen) atoms. The first-order valence-corrected chi connectivity index (χ1v) is 7.91. The number of rotatable bonds is 2. The number of carbonyl (C=O) groups excluding carboxylic acids is 1. The second-order valence-electron chi connectivity index (χ2n) is 5.57. The van der Waals surface area contributed by atoms with Crippen LogP contribution in [0, 0.1) is 20.8 Å². The van der Waals surface area contributed by atoms with Gasteiger partial charge in [-0.15, -0.1) is 11.8 Å². The van der Waals surface area contributed by atoms with Gasteiger partial charge in [0.2, 0.25) is 5.91 Å². The van der Waals surface area contributed by atoms with Crippen molar-refractivity contribution >= 4 is 23.4 Å². The lowest BCUT2D eigenvalue weighted by Gasteiger charge is -2.30. The summed E-state index contributed by atoms with van der Waals surface area (Å²) in [5.74, 6) is 0.371. The highest BCUT2D eigenvalue weighted by atomic mass is 32.2. The van der Waals surface area contributed by atoms with E-state index in [4.69, 9.17) is 5.73 Å². The van der Waals surface area contributed by atoms with Crippen LogP contribution in [0.1, 0.15) is 22.3 Å². The van der Waals surface area contributed by atoms with Crippen molar-refractivity contribution in [3.8, 4) is 0 Å². The third kappa shape index (κ3) is 2.05. The van der Waals surface area contributed by atoms with Crippen LogP contribution >= 0.6 is 11.8 Å². The quantitative estimate of drug-likeness (QED) is 0.912. The number of nitrogens with zero attached hydrogens (tertiary/aromatic N) is 1. The summed E-state index contributed by atoms with van der Waals surface area (Å²) in [5.41, 5.74) is 10.4. The molecule has 1 atom stereocenters. The highest BCUT2D eigenvalue weighted by Gasteiger charge is 2.39. The molecule has 1 amide bonds. The third-order valence-electron chi connectivity index (χ3n) is 4.48. The maximum atomic E-state index is 12.3. The number of nitrogens with two attached hydrogens (primary N) is 1. The lowest BCUT2D eigenvalue weighted by atomic mass is 9.73. The van der Waals surface area contributed by atoms with Crippen molar-refractivity contribution in [2.24, 2.45) is 10.7 Å². The van der Waals surface area contributed by atoms with Gasteiger partial charge in [0.25, 0.3) is 0 Å². The molecule has 0 radical (unpaired) electrons. The van der Waals surface area contributed by atoms with Crippen LogP contribution in [0.4, 0.5) is 0 Å². The number of hydrogen-bond acceptors (Lipinski definition) is 3. The number of hydrogen-bond donors (Lipinski definition) is 1. The molecule has 0 saturated heterocycles. The fraction of sp³-hybridized carbons (Fsp3) is 0.294. The molecule has 3 nitrogen and oxygen atoms in total. The average molecular weight is 298 g/mol. The van der Waals surface area contributed by atoms with E-state index in [9.17, 15) is 4.79 Å². The smallest absolute Gasteiger partial charge is 0.235 e. The Kier molecular flexibility index (Phi) is 3.29. The molecule has 0 saturated carbocycles. The van der Waals surface area contributed by atoms with Crippen LogP contribution in [0.2, 0.25) is 0 Å². The molecule has 1 aromatic rings. The first kappa shape index (κ1) is 14.1. The van der Waals surface area contributed by atoms with Crippen LogP contribution in [0.25, 0.3) is 0 Å². The summed E-state index contributed by atoms with van der Waals surface area (Å²) in [4.78, 5) is 17.7. The molecule has 1 heterocycles. The van der Waals surface area contributed by atoms with Crippen LogP contribution in [0.5, 0.6) is 0 Å². The lowest BCUT2D eigenvalue weighted by molar-refractivity contribution is -0.120. The first-order chi connectivity index (χ1) is 9.95. The topological polar surface area (TPSA) is 55.5 Å². The number of carbonyl (C=O) groups is 1. The van der Waals surface area contributed by atoms with E-state index in [0.29, 0.717) is 5.88 Å². The molecule has 0 spiro atoms. The second-order valence-corrected chi connectivity index (χ2v) is 6.56. The van der Waals surface area contributed by atoms with E-state index in [1.807, 2.05) is 24.3 Å². The molecule has 1 aliphatic heterocycles. The Morgan fingerprint density at radius 2 is 2.05 bits per heavy atom. The Labute approximate surface area is 129 Å². The standard InChI is InChI=1S/C17H18N2OS/c1-10-4-5-13(12(3)11(10)2)17(16(18)20)7-6-14-15(8-17)21-9-19-14/h4-8H,9H2,1-3H3,(H2,18,20). The van der Waals surface area contributed by atoms with E-state index in [-0.39, 0.29) is 5.91 Å². The number of amides is 1. The molecule has 1 unspecified atom stereocenters. The zero-order valence-corrected chi connectivity index (χ0v) is 13.3. The summed E-state index contributed by atoms with van der Waals surface area (Å²) >= 11 is 1.65. The van der Waals surface area contributed by atoms with Crippen LogP contribution in [0.15, 0.2) is 40.3 Å². The summed E-state index contributed by atoms with van der Waals surface area (Å²) in [6.07, 6.45) is 5.79. The van der Waals surface area contributed by atoms with E-state index < -0.39 is 5.41 Å². The maximum absolute atomic E-state index is 12.3. The number of aryl methyl sites for hydroxylation is 1. The molecule has 2 aliphatic rings. The van der Waals surface area contributed by atoms with Crippen molar-refractivity contribution in [1.29, 1.82) is 0 Å². The van der Waals surface area contributed by atoms with Gasteiger partial charge in [0, 0.05) is 4.91 Å². The normalized spacial score (nSPS) is 23.6. The fourth-order valence-corrected chi connectivity index (χ4v) is 3.79. The Bertz CT molecular complexity index is 731. The van der Waals surface area contributed by atoms with Gasteiger partial charge in [-0.2, -0.15) is 0 Å². The van der Waals surface area contributed by atoms with E-state index >= 15 is 0 Å². The minimum Gasteiger partial charge on any atom is -0.368 e. The summed E-state index contributed by atoms with van der Waals surface area (Å²) < 4.78 is 0. The molecule has 3 rings (SSSR count). The zero-order chi connectivity index (χ0) is 15.2. The van der Waals surface area contributed by atoms with E-state index in [1.165, 1.54) is 11.1 Å². The summed E-state index contributed by atoms with van der Waals surface area (Å²) in [6.45, 7) is 6.22. The molecule has 4 heteroatoms. The largest absolute Gasteiger partial charge is 0.368 e. The monoisotopic (exact) mass is 298 g/mol. The number of benzene rings is 1. The molecule has 0 bridgehead atoms. The Morgan fingerprint density at radius 1 is 1.29 bits per heavy atom. The predicted octanol–water partition coefficient (Wildman–Crippen LogP) is 2.93. The van der Waals surface area contributed by atoms with Gasteiger partial charge < -0.3 is 5.73 Å². The molecular weight excluding hydrogens is 280 g/mol. The van der Waals surface area contributed by atoms with Gasteiger partial charge in [0.15, 0.2) is 0 Å². The van der Waals surface area contributed by atoms with Gasteiger partial charge in [-0.25, -0.2) is 0 Å². The number of allylic oxidation sites excluding steroid dienone is 2. The second kappa shape index (κ2) is 4.88. The van der Waals surface area contributed by atoms with Crippen LogP contribution in [0.3, 0.4) is 0 Å². The Morgan fingerprint density at radius 3 is 2.76 bits per heavy atom. The van der Waals surface area contributed by atoms with Crippen molar-refractivity contribution in [2.45, 2.75) is 26.2 Å². The molecule has 0 fully saturated rings. The molecule has 1 aliphatic carbocycles. The predicted molar refractivity (Wildman–Crippen MR) is 88.6 cm³/mol. The first-order valence-electron chi connectivity index (χ1n) is 6.92. The van der Waals surface area contributed by atoms with Crippen molar-refractivity contribution in [1.82, 2.24) is 0 Å². The van der Waals surface area contributed by atoms with Gasteiger partial charge in [-0.1, -0.05) is 18.2 Å². The molecule has 0 aromatic heterocycles. The molecule has 1 aromatic carbocycles. The highest BCUT2D eigenvalue weighted by Crippen LogP contribution is 2.40. The summed E-state index contributed by atoms with van der Waals surface area (Å²) in [5, 5.41) is 0. The van der Waals surface area contributed by atoms with E-state index in [2.05, 4.69) is 31.8 Å². The van der Waals surface area contributed by atoms with Crippen molar-refractivity contribution in [3.63, 3.8) is 0 Å². The Balaban J connectivity index is 2.23. The van der Waals surface area contributed by atoms with E-state index in [0.717, 1.165) is 21.7 Å². The number of fused-ring (bicyclic) bond motifs is 1. The third-order valence-corrected chi connectivity index (χ3v) is 5.38. The Hall–Kier alpha value is -1.81. The van der Waals surface area contributed by atoms with Crippen LogP contribution in [-0.2, 0) is 10.2 Å². The van der Waals surface area contributed by atoms with Crippen LogP contribution < -0.4 is 5.73 Å². The maximum Gasteiger partial charge on any atom is 0.235 e. The van der Waals surface area contributed by atoms with Gasteiger partial charge in [-0.3, -0.25) is 9.79 Å². The SMILES string of the molecule is Cc1ccc(C2(C(N)=O)C=CC3=NCSC3=C2)c(C)c1C. The number of thioether (sulfide) groups is 1. The summed E-state index contributed by atoms with van der Waals surface area (Å²) in [7, 11) is 0. The average Bonchev–Trinajstić information content (AvgIpc) is 2.91. The van der Waals surface area contributed by atoms with Gasteiger partial charge in [0.1, 0.15) is 5.41 Å². The minimum absolute atomic E-state index is 0.343. The van der Waals surface area contributed by atoms with Gasteiger partial charge in [-0.05, 0) is 55.2 Å². The summed E-state index contributed by atoms with van der Waals surface area (Å²) in [6, 6.07) is 4.08. The number of primary amides is 1. The van der Waals surface area contributed by atoms with Crippen LogP contribution in [-0.4, -0.2) is 17.5 Å². The van der Waals surface area contributed by atoms with Crippen molar-refractivity contribution in [3.05, 3.63) is 57.5 Å². The zero-order valence-electron chi connectivity index (χ0n) is 12.4. The number of aliphatic imine (C=N–C) groups is 1. The van der Waals surface area contributed by atoms with Crippen molar-refractivity contribution in [2.75, 3.05) is 5.88 Å². The lowest BCUT2D eigenvalue weighted by Crippen LogP contribution is -2.40. The highest BCUT2D eigenvalue weighted by molar-refractivity contribution is 8.04.